The number of likely N-dealkylation sites (tertiary alicyclic amines) is 1. The summed E-state index contributed by atoms with van der Waals surface area (Å²) in [6, 6.07) is 0. The Morgan fingerprint density at radius 3 is 2.29 bits per heavy atom. The van der Waals surface area contributed by atoms with Gasteiger partial charge in [-0.15, -0.1) is 0 Å². The Morgan fingerprint density at radius 2 is 1.65 bits per heavy atom. The van der Waals surface area contributed by atoms with Gasteiger partial charge < -0.3 is 0 Å². The number of nitrogens with zero attached hydrogens (tertiary/aromatic N) is 1. The monoisotopic (exact) mass is 245 g/mol. The van der Waals surface area contributed by atoms with Gasteiger partial charge in [0, 0.05) is 6.54 Å². The van der Waals surface area contributed by atoms with Crippen molar-refractivity contribution in [3.63, 3.8) is 0 Å². The van der Waals surface area contributed by atoms with Gasteiger partial charge in [-0.25, -0.2) is 0 Å². The minimum Gasteiger partial charge on any atom is -0.299 e. The van der Waals surface area contributed by atoms with Crippen LogP contribution in [0.4, 0.5) is 13.2 Å². The normalized spacial score (nSPS) is 23.2. The fourth-order valence-electron chi connectivity index (χ4n) is 2.53. The van der Waals surface area contributed by atoms with Crippen molar-refractivity contribution in [1.82, 2.24) is 4.90 Å². The lowest BCUT2D eigenvalue weighted by Gasteiger charge is -2.29. The lowest BCUT2D eigenvalue weighted by molar-refractivity contribution is -0.0902. The van der Waals surface area contributed by atoms with Gasteiger partial charge in [-0.3, -0.25) is 4.90 Å². The van der Waals surface area contributed by atoms with Crippen LogP contribution in [-0.4, -0.2) is 30.7 Å². The first-order valence-electron chi connectivity index (χ1n) is 6.26. The Morgan fingerprint density at radius 1 is 1.00 bits per heavy atom. The molecule has 4 heteroatoms. The largest absolute Gasteiger partial charge is 0.416 e. The highest BCUT2D eigenvalue weighted by molar-refractivity contribution is 5.38. The van der Waals surface area contributed by atoms with Crippen LogP contribution in [0.1, 0.15) is 32.1 Å². The summed E-state index contributed by atoms with van der Waals surface area (Å²) in [4.78, 5) is 2.14. The smallest absolute Gasteiger partial charge is 0.299 e. The lowest BCUT2D eigenvalue weighted by atomic mass is 9.96. The molecule has 0 radical (unpaired) electrons. The Hall–Kier alpha value is -0.770. The SMILES string of the molecule is FC(F)(F)C1=CCCC=C1CN1CCCCC1. The van der Waals surface area contributed by atoms with E-state index in [0.717, 1.165) is 32.4 Å². The maximum Gasteiger partial charge on any atom is 0.416 e. The molecule has 1 aliphatic carbocycles. The Labute approximate surface area is 100.0 Å². The fraction of sp³-hybridized carbons (Fsp3) is 0.692. The van der Waals surface area contributed by atoms with Crippen LogP contribution in [0.25, 0.3) is 0 Å². The molecular formula is C13H18F3N. The van der Waals surface area contributed by atoms with E-state index in [1.807, 2.05) is 0 Å². The number of rotatable bonds is 2. The summed E-state index contributed by atoms with van der Waals surface area (Å²) < 4.78 is 38.5. The zero-order valence-electron chi connectivity index (χ0n) is 9.89. The van der Waals surface area contributed by atoms with Crippen LogP contribution in [0.15, 0.2) is 23.3 Å². The molecule has 0 bridgehead atoms. The average molecular weight is 245 g/mol. The van der Waals surface area contributed by atoms with Crippen LogP contribution in [0.3, 0.4) is 0 Å². The van der Waals surface area contributed by atoms with E-state index in [2.05, 4.69) is 4.90 Å². The van der Waals surface area contributed by atoms with Gasteiger partial charge in [0.15, 0.2) is 0 Å². The molecule has 0 spiro atoms. The molecule has 1 saturated heterocycles. The molecule has 0 unspecified atom stereocenters. The summed E-state index contributed by atoms with van der Waals surface area (Å²) in [5.74, 6) is 0. The third-order valence-corrected chi connectivity index (χ3v) is 3.40. The van der Waals surface area contributed by atoms with Gasteiger partial charge in [0.1, 0.15) is 0 Å². The number of piperidine rings is 1. The first-order chi connectivity index (χ1) is 8.07. The van der Waals surface area contributed by atoms with E-state index >= 15 is 0 Å². The van der Waals surface area contributed by atoms with Crippen molar-refractivity contribution in [2.75, 3.05) is 19.6 Å². The predicted octanol–water partition coefficient (Wildman–Crippen LogP) is 3.68. The lowest BCUT2D eigenvalue weighted by Crippen LogP contribution is -2.33. The summed E-state index contributed by atoms with van der Waals surface area (Å²) in [5, 5.41) is 0. The minimum atomic E-state index is -4.19. The van der Waals surface area contributed by atoms with E-state index in [1.54, 1.807) is 6.08 Å². The fourth-order valence-corrected chi connectivity index (χ4v) is 2.53. The van der Waals surface area contributed by atoms with E-state index in [1.165, 1.54) is 12.5 Å². The minimum absolute atomic E-state index is 0.408. The molecule has 0 aromatic heterocycles. The third kappa shape index (κ3) is 3.35. The molecule has 96 valence electrons. The van der Waals surface area contributed by atoms with Crippen molar-refractivity contribution in [2.24, 2.45) is 0 Å². The van der Waals surface area contributed by atoms with Crippen molar-refractivity contribution < 1.29 is 13.2 Å². The van der Waals surface area contributed by atoms with Crippen molar-refractivity contribution in [3.8, 4) is 0 Å². The highest BCUT2D eigenvalue weighted by Gasteiger charge is 2.36. The molecule has 0 amide bonds. The standard InChI is InChI=1S/C13H18F3N/c14-13(15,16)12-7-3-2-6-11(12)10-17-8-4-1-5-9-17/h6-7H,1-5,8-10H2. The van der Waals surface area contributed by atoms with E-state index < -0.39 is 11.7 Å². The van der Waals surface area contributed by atoms with Gasteiger partial charge in [-0.1, -0.05) is 18.6 Å². The highest BCUT2D eigenvalue weighted by Crippen LogP contribution is 2.34. The van der Waals surface area contributed by atoms with E-state index in [9.17, 15) is 13.2 Å². The zero-order valence-corrected chi connectivity index (χ0v) is 9.89. The molecule has 0 saturated carbocycles. The van der Waals surface area contributed by atoms with Crippen LogP contribution in [0.2, 0.25) is 0 Å². The van der Waals surface area contributed by atoms with Crippen molar-refractivity contribution in [3.05, 3.63) is 23.3 Å². The Balaban J connectivity index is 2.03. The van der Waals surface area contributed by atoms with E-state index in [0.29, 0.717) is 18.5 Å². The van der Waals surface area contributed by atoms with Crippen LogP contribution in [0, 0.1) is 0 Å². The molecule has 0 atom stereocenters. The van der Waals surface area contributed by atoms with Crippen LogP contribution in [-0.2, 0) is 0 Å². The topological polar surface area (TPSA) is 3.24 Å². The molecule has 2 aliphatic rings. The number of alkyl halides is 3. The molecule has 1 fully saturated rings. The Kier molecular flexibility index (Phi) is 3.92. The summed E-state index contributed by atoms with van der Waals surface area (Å²) in [7, 11) is 0. The average Bonchev–Trinajstić information content (AvgIpc) is 2.30. The highest BCUT2D eigenvalue weighted by atomic mass is 19.4. The maximum atomic E-state index is 12.8. The second kappa shape index (κ2) is 5.25. The molecular weight excluding hydrogens is 227 g/mol. The third-order valence-electron chi connectivity index (χ3n) is 3.40. The van der Waals surface area contributed by atoms with Crippen LogP contribution >= 0.6 is 0 Å². The number of allylic oxidation sites excluding steroid dienone is 2. The van der Waals surface area contributed by atoms with Gasteiger partial charge in [-0.2, -0.15) is 13.2 Å². The maximum absolute atomic E-state index is 12.8. The molecule has 0 N–H and O–H groups in total. The summed E-state index contributed by atoms with van der Waals surface area (Å²) in [6.07, 6.45) is 3.59. The van der Waals surface area contributed by atoms with Crippen molar-refractivity contribution in [2.45, 2.75) is 38.3 Å². The van der Waals surface area contributed by atoms with Gasteiger partial charge in [0.2, 0.25) is 0 Å². The molecule has 1 nitrogen and oxygen atoms in total. The van der Waals surface area contributed by atoms with Gasteiger partial charge in [0.05, 0.1) is 5.57 Å². The molecule has 2 rings (SSSR count). The van der Waals surface area contributed by atoms with Crippen LogP contribution in [0.5, 0.6) is 0 Å². The van der Waals surface area contributed by atoms with Crippen LogP contribution < -0.4 is 0 Å². The second-order valence-electron chi connectivity index (χ2n) is 4.76. The van der Waals surface area contributed by atoms with Gasteiger partial charge in [-0.05, 0) is 44.3 Å². The summed E-state index contributed by atoms with van der Waals surface area (Å²) in [5.41, 5.74) is 0.0694. The summed E-state index contributed by atoms with van der Waals surface area (Å²) in [6.45, 7) is 2.33. The van der Waals surface area contributed by atoms with Crippen molar-refractivity contribution in [1.29, 1.82) is 0 Å². The van der Waals surface area contributed by atoms with E-state index in [-0.39, 0.29) is 0 Å². The molecule has 0 aromatic carbocycles. The van der Waals surface area contributed by atoms with Crippen molar-refractivity contribution >= 4 is 0 Å². The predicted molar refractivity (Wildman–Crippen MR) is 61.7 cm³/mol. The Bertz CT molecular complexity index is 322. The number of hydrogen-bond donors (Lipinski definition) is 0. The number of halogens is 3. The van der Waals surface area contributed by atoms with Gasteiger partial charge >= 0.3 is 6.18 Å². The second-order valence-corrected chi connectivity index (χ2v) is 4.76. The molecule has 1 aliphatic heterocycles. The van der Waals surface area contributed by atoms with Gasteiger partial charge in [0.25, 0.3) is 0 Å². The molecule has 0 aromatic rings. The van der Waals surface area contributed by atoms with E-state index in [4.69, 9.17) is 0 Å². The zero-order chi connectivity index (χ0) is 12.3. The quantitative estimate of drug-likeness (QED) is 0.717. The molecule has 1 heterocycles. The first-order valence-corrected chi connectivity index (χ1v) is 6.26. The molecule has 17 heavy (non-hydrogen) atoms. The first kappa shape index (κ1) is 12.7. The number of hydrogen-bond acceptors (Lipinski definition) is 1. The summed E-state index contributed by atoms with van der Waals surface area (Å²) >= 11 is 0.